The maximum absolute atomic E-state index is 10.8. The maximum atomic E-state index is 10.8. The van der Waals surface area contributed by atoms with E-state index in [1.54, 1.807) is 0 Å². The van der Waals surface area contributed by atoms with Gasteiger partial charge >= 0.3 is 0 Å². The topological polar surface area (TPSA) is 41.5 Å². The van der Waals surface area contributed by atoms with Crippen LogP contribution in [0.25, 0.3) is 0 Å². The van der Waals surface area contributed by atoms with Crippen molar-refractivity contribution in [3.63, 3.8) is 0 Å². The third-order valence-corrected chi connectivity index (χ3v) is 6.02. The molecule has 2 N–H and O–H groups in total. The van der Waals surface area contributed by atoms with Crippen molar-refractivity contribution in [1.29, 1.82) is 0 Å². The fourth-order valence-electron chi connectivity index (χ4n) is 2.86. The lowest BCUT2D eigenvalue weighted by Crippen LogP contribution is -2.61. The van der Waals surface area contributed by atoms with Crippen LogP contribution in [0.4, 0.5) is 0 Å². The van der Waals surface area contributed by atoms with Gasteiger partial charge in [-0.15, -0.1) is 6.58 Å². The number of nitrogens with one attached hydrogen (secondary N) is 1. The van der Waals surface area contributed by atoms with E-state index in [1.807, 2.05) is 0 Å². The first-order valence-corrected chi connectivity index (χ1v) is 9.57. The lowest BCUT2D eigenvalue weighted by molar-refractivity contribution is -0.0541. The molecule has 2 unspecified atom stereocenters. The number of aliphatic hydroxyl groups is 1. The summed E-state index contributed by atoms with van der Waals surface area (Å²) in [4.78, 5) is 0. The van der Waals surface area contributed by atoms with Crippen LogP contribution in [0.15, 0.2) is 11.8 Å². The van der Waals surface area contributed by atoms with Crippen molar-refractivity contribution in [2.75, 3.05) is 13.2 Å². The van der Waals surface area contributed by atoms with Gasteiger partial charge in [-0.25, -0.2) is 0 Å². The molecule has 16 heavy (non-hydrogen) atoms. The lowest BCUT2D eigenvalue weighted by atomic mass is 9.83. The first kappa shape index (κ1) is 12.3. The number of morpholine rings is 1. The Morgan fingerprint density at radius 1 is 1.31 bits per heavy atom. The molecule has 92 valence electrons. The molecule has 0 aliphatic carbocycles. The first-order valence-electron chi connectivity index (χ1n) is 6.07. The summed E-state index contributed by atoms with van der Waals surface area (Å²) in [5.41, 5.74) is -0.658. The molecule has 2 atom stereocenters. The summed E-state index contributed by atoms with van der Waals surface area (Å²) in [5, 5.41) is 15.4. The highest BCUT2D eigenvalue weighted by Crippen LogP contribution is 2.37. The lowest BCUT2D eigenvalue weighted by Gasteiger charge is -2.48. The van der Waals surface area contributed by atoms with Crippen molar-refractivity contribution < 1.29 is 9.84 Å². The smallest absolute Gasteiger partial charge is 0.0851 e. The van der Waals surface area contributed by atoms with Crippen molar-refractivity contribution in [2.45, 2.75) is 50.2 Å². The third kappa shape index (κ3) is 2.25. The van der Waals surface area contributed by atoms with E-state index in [-0.39, 0.29) is 0 Å². The zero-order valence-electron chi connectivity index (χ0n) is 10.5. The van der Waals surface area contributed by atoms with E-state index < -0.39 is 13.7 Å². The molecule has 2 saturated heterocycles. The van der Waals surface area contributed by atoms with Crippen LogP contribution in [0.2, 0.25) is 19.6 Å². The van der Waals surface area contributed by atoms with Gasteiger partial charge in [0.15, 0.2) is 0 Å². The van der Waals surface area contributed by atoms with Crippen LogP contribution in [0, 0.1) is 0 Å². The van der Waals surface area contributed by atoms with Gasteiger partial charge in [0.25, 0.3) is 0 Å². The highest BCUT2D eigenvalue weighted by atomic mass is 28.3. The predicted octanol–water partition coefficient (Wildman–Crippen LogP) is 1.30. The van der Waals surface area contributed by atoms with Crippen LogP contribution in [0.1, 0.15) is 12.8 Å². The fourth-order valence-corrected chi connectivity index (χ4v) is 4.46. The molecule has 2 heterocycles. The number of hydrogen-bond donors (Lipinski definition) is 2. The Balaban J connectivity index is 2.16. The molecule has 0 spiro atoms. The van der Waals surface area contributed by atoms with Crippen molar-refractivity contribution in [3.05, 3.63) is 11.8 Å². The van der Waals surface area contributed by atoms with Crippen molar-refractivity contribution >= 4 is 8.07 Å². The van der Waals surface area contributed by atoms with Crippen molar-refractivity contribution in [2.24, 2.45) is 0 Å². The van der Waals surface area contributed by atoms with Gasteiger partial charge < -0.3 is 15.2 Å². The average molecular weight is 241 g/mol. The highest BCUT2D eigenvalue weighted by Gasteiger charge is 2.45. The molecule has 0 aromatic rings. The van der Waals surface area contributed by atoms with Gasteiger partial charge in [-0.2, -0.15) is 0 Å². The second kappa shape index (κ2) is 3.94. The van der Waals surface area contributed by atoms with Crippen LogP contribution >= 0.6 is 0 Å². The molecular formula is C12H23NO2Si. The summed E-state index contributed by atoms with van der Waals surface area (Å²) in [6.45, 7) is 12.4. The minimum absolute atomic E-state index is 0.297. The Morgan fingerprint density at radius 3 is 2.25 bits per heavy atom. The van der Waals surface area contributed by atoms with E-state index in [1.165, 1.54) is 0 Å². The summed E-state index contributed by atoms with van der Waals surface area (Å²) in [6, 6.07) is 0.594. The summed E-state index contributed by atoms with van der Waals surface area (Å²) >= 11 is 0. The first-order chi connectivity index (χ1) is 7.31. The predicted molar refractivity (Wildman–Crippen MR) is 68.2 cm³/mol. The second-order valence-corrected chi connectivity index (χ2v) is 11.4. The number of rotatable bonds is 2. The molecule has 4 heteroatoms. The maximum Gasteiger partial charge on any atom is 0.0851 e. The molecule has 2 fully saturated rings. The Hall–Kier alpha value is -0.163. The molecule has 3 nitrogen and oxygen atoms in total. The number of hydrogen-bond acceptors (Lipinski definition) is 3. The number of fused-ring (bicyclic) bond motifs is 2. The molecule has 0 saturated carbocycles. The van der Waals surface area contributed by atoms with E-state index in [9.17, 15) is 5.11 Å². The van der Waals surface area contributed by atoms with Crippen molar-refractivity contribution in [3.8, 4) is 0 Å². The van der Waals surface area contributed by atoms with E-state index >= 15 is 0 Å². The largest absolute Gasteiger partial charge is 0.386 e. The molecular weight excluding hydrogens is 218 g/mol. The number of piperidine rings is 1. The van der Waals surface area contributed by atoms with E-state index in [4.69, 9.17) is 4.74 Å². The van der Waals surface area contributed by atoms with Gasteiger partial charge in [0.05, 0.1) is 26.9 Å². The van der Waals surface area contributed by atoms with Gasteiger partial charge in [0.1, 0.15) is 0 Å². The standard InChI is InChI=1S/C12H23NO2Si/c1-9(16(2,3)4)12(14)5-10-7-15-8-11(6-12)13-10/h10-11,13-14H,1,5-8H2,2-4H3. The Labute approximate surface area is 98.9 Å². The molecule has 2 rings (SSSR count). The van der Waals surface area contributed by atoms with Gasteiger partial charge in [-0.3, -0.25) is 0 Å². The highest BCUT2D eigenvalue weighted by molar-refractivity contribution is 6.83. The van der Waals surface area contributed by atoms with Crippen LogP contribution in [0.3, 0.4) is 0 Å². The summed E-state index contributed by atoms with van der Waals surface area (Å²) < 4.78 is 5.50. The van der Waals surface area contributed by atoms with Gasteiger partial charge in [-0.05, 0) is 12.8 Å². The van der Waals surface area contributed by atoms with Crippen molar-refractivity contribution in [1.82, 2.24) is 5.32 Å². The monoisotopic (exact) mass is 241 g/mol. The summed E-state index contributed by atoms with van der Waals surface area (Å²) in [5.74, 6) is 0. The Morgan fingerprint density at radius 2 is 1.81 bits per heavy atom. The quantitative estimate of drug-likeness (QED) is 0.716. The van der Waals surface area contributed by atoms with Crippen LogP contribution < -0.4 is 5.32 Å². The minimum Gasteiger partial charge on any atom is -0.386 e. The molecule has 0 amide bonds. The summed E-state index contributed by atoms with van der Waals surface area (Å²) in [6.07, 6.45) is 1.51. The van der Waals surface area contributed by atoms with Gasteiger partial charge in [0, 0.05) is 12.1 Å². The second-order valence-electron chi connectivity index (χ2n) is 6.27. The zero-order chi connectivity index (χ0) is 12.0. The van der Waals surface area contributed by atoms with Crippen LogP contribution in [-0.4, -0.2) is 44.1 Å². The Bertz CT molecular complexity index is 286. The SMILES string of the molecule is C=C(C1(O)CC2COCC(C1)N2)[Si](C)(C)C. The summed E-state index contributed by atoms with van der Waals surface area (Å²) in [7, 11) is -1.48. The number of ether oxygens (including phenoxy) is 1. The molecule has 0 aromatic heterocycles. The third-order valence-electron chi connectivity index (χ3n) is 3.74. The van der Waals surface area contributed by atoms with Crippen LogP contribution in [-0.2, 0) is 4.74 Å². The molecule has 0 radical (unpaired) electrons. The Kier molecular flexibility index (Phi) is 3.03. The van der Waals surface area contributed by atoms with Gasteiger partial charge in [0.2, 0.25) is 0 Å². The van der Waals surface area contributed by atoms with Crippen LogP contribution in [0.5, 0.6) is 0 Å². The van der Waals surface area contributed by atoms with E-state index in [0.29, 0.717) is 12.1 Å². The fraction of sp³-hybridized carbons (Fsp3) is 0.833. The molecule has 0 aromatic carbocycles. The molecule has 2 bridgehead atoms. The minimum atomic E-state index is -1.48. The normalized spacial score (nSPS) is 39.5. The van der Waals surface area contributed by atoms with E-state index in [2.05, 4.69) is 31.5 Å². The average Bonchev–Trinajstić information content (AvgIpc) is 2.14. The molecule has 2 aliphatic heterocycles. The molecule has 2 aliphatic rings. The van der Waals surface area contributed by atoms with E-state index in [0.717, 1.165) is 31.3 Å². The van der Waals surface area contributed by atoms with Gasteiger partial charge in [-0.1, -0.05) is 24.8 Å². The zero-order valence-corrected chi connectivity index (χ0v) is 11.5.